The van der Waals surface area contributed by atoms with E-state index in [0.717, 1.165) is 12.8 Å². The maximum absolute atomic E-state index is 12.7. The van der Waals surface area contributed by atoms with Gasteiger partial charge in [0.1, 0.15) is 10.7 Å². The van der Waals surface area contributed by atoms with Crippen molar-refractivity contribution in [2.24, 2.45) is 0 Å². The Hall–Kier alpha value is -1.09. The minimum atomic E-state index is -3.66. The third-order valence-corrected chi connectivity index (χ3v) is 5.64. The van der Waals surface area contributed by atoms with Gasteiger partial charge in [-0.1, -0.05) is 0 Å². The Morgan fingerprint density at radius 2 is 2.18 bits per heavy atom. The summed E-state index contributed by atoms with van der Waals surface area (Å²) in [5, 5.41) is 3.10. The number of nitrogens with one attached hydrogen (secondary N) is 1. The number of ether oxygens (including phenoxy) is 1. The molecule has 2 rings (SSSR count). The van der Waals surface area contributed by atoms with Crippen LogP contribution in [-0.2, 0) is 14.8 Å². The number of piperidine rings is 1. The fourth-order valence-electron chi connectivity index (χ4n) is 2.46. The van der Waals surface area contributed by atoms with E-state index in [1.165, 1.54) is 24.4 Å². The first kappa shape index (κ1) is 19.0. The van der Waals surface area contributed by atoms with E-state index in [2.05, 4.69) is 10.1 Å². The first-order valence-corrected chi connectivity index (χ1v) is 8.20. The summed E-state index contributed by atoms with van der Waals surface area (Å²) < 4.78 is 36.5. The quantitative estimate of drug-likeness (QED) is 0.818. The SMILES string of the molecule is CNC1CCCN(S(=O)(=O)c2cc(C(=O)OC)oc2C)C1.Cl. The van der Waals surface area contributed by atoms with Gasteiger partial charge in [-0.3, -0.25) is 0 Å². The predicted octanol–water partition coefficient (Wildman–Crippen LogP) is 1.17. The standard InChI is InChI=1S/C13H20N2O5S.ClH/c1-9-12(7-11(20-9)13(16)19-3)21(17,18)15-6-4-5-10(8-15)14-2;/h7,10,14H,4-6,8H2,1-3H3;1H. The van der Waals surface area contributed by atoms with Gasteiger partial charge >= 0.3 is 5.97 Å². The number of carbonyl (C=O) groups is 1. The smallest absolute Gasteiger partial charge is 0.373 e. The van der Waals surface area contributed by atoms with E-state index in [9.17, 15) is 13.2 Å². The monoisotopic (exact) mass is 352 g/mol. The van der Waals surface area contributed by atoms with Gasteiger partial charge in [0.15, 0.2) is 0 Å². The molecule has 1 unspecified atom stereocenters. The van der Waals surface area contributed by atoms with Gasteiger partial charge in [-0.25, -0.2) is 13.2 Å². The molecule has 0 bridgehead atoms. The maximum Gasteiger partial charge on any atom is 0.373 e. The van der Waals surface area contributed by atoms with Gasteiger partial charge in [-0.05, 0) is 26.8 Å². The third kappa shape index (κ3) is 3.62. The molecule has 7 nitrogen and oxygen atoms in total. The molecular formula is C13H21ClN2O5S. The first-order chi connectivity index (χ1) is 9.90. The minimum absolute atomic E-state index is 0. The van der Waals surface area contributed by atoms with Crippen molar-refractivity contribution < 1.29 is 22.4 Å². The van der Waals surface area contributed by atoms with Crippen LogP contribution in [0.4, 0.5) is 0 Å². The van der Waals surface area contributed by atoms with E-state index >= 15 is 0 Å². The number of halogens is 1. The molecule has 1 atom stereocenters. The van der Waals surface area contributed by atoms with Crippen LogP contribution in [0.25, 0.3) is 0 Å². The van der Waals surface area contributed by atoms with Gasteiger partial charge in [0.2, 0.25) is 15.8 Å². The van der Waals surface area contributed by atoms with Gasteiger partial charge in [0.05, 0.1) is 7.11 Å². The molecule has 0 amide bonds. The van der Waals surface area contributed by atoms with Crippen molar-refractivity contribution in [2.45, 2.75) is 30.7 Å². The van der Waals surface area contributed by atoms with E-state index in [1.807, 2.05) is 7.05 Å². The topological polar surface area (TPSA) is 88.9 Å². The lowest BCUT2D eigenvalue weighted by Crippen LogP contribution is -2.46. The van der Waals surface area contributed by atoms with Crippen molar-refractivity contribution in [1.82, 2.24) is 9.62 Å². The zero-order valence-corrected chi connectivity index (χ0v) is 14.4. The summed E-state index contributed by atoms with van der Waals surface area (Å²) in [6.45, 7) is 2.41. The van der Waals surface area contributed by atoms with Crippen molar-refractivity contribution in [2.75, 3.05) is 27.2 Å². The molecule has 9 heteroatoms. The zero-order chi connectivity index (χ0) is 15.6. The Labute approximate surface area is 136 Å². The Morgan fingerprint density at radius 3 is 2.77 bits per heavy atom. The number of rotatable bonds is 4. The van der Waals surface area contributed by atoms with Crippen molar-refractivity contribution in [1.29, 1.82) is 0 Å². The third-order valence-electron chi connectivity index (χ3n) is 3.67. The highest BCUT2D eigenvalue weighted by atomic mass is 35.5. The van der Waals surface area contributed by atoms with Crippen molar-refractivity contribution in [3.05, 3.63) is 17.6 Å². The van der Waals surface area contributed by atoms with Crippen LogP contribution in [0.15, 0.2) is 15.4 Å². The van der Waals surface area contributed by atoms with Gasteiger partial charge in [0.25, 0.3) is 0 Å². The normalized spacial score (nSPS) is 19.5. The second kappa shape index (κ2) is 7.45. The highest BCUT2D eigenvalue weighted by Crippen LogP contribution is 2.26. The van der Waals surface area contributed by atoms with Crippen LogP contribution in [-0.4, -0.2) is 52.0 Å². The first-order valence-electron chi connectivity index (χ1n) is 6.76. The number of furan rings is 1. The molecule has 0 aliphatic carbocycles. The lowest BCUT2D eigenvalue weighted by molar-refractivity contribution is 0.0563. The Morgan fingerprint density at radius 1 is 1.50 bits per heavy atom. The molecule has 1 aliphatic rings. The molecule has 126 valence electrons. The lowest BCUT2D eigenvalue weighted by atomic mass is 10.1. The number of likely N-dealkylation sites (N-methyl/N-ethyl adjacent to an activating group) is 1. The zero-order valence-electron chi connectivity index (χ0n) is 12.8. The van der Waals surface area contributed by atoms with E-state index in [0.29, 0.717) is 13.1 Å². The van der Waals surface area contributed by atoms with Gasteiger partial charge in [-0.2, -0.15) is 4.31 Å². The summed E-state index contributed by atoms with van der Waals surface area (Å²) in [6, 6.07) is 1.38. The highest BCUT2D eigenvalue weighted by Gasteiger charge is 2.33. The Bertz CT molecular complexity index is 628. The number of hydrogen-bond acceptors (Lipinski definition) is 6. The molecular weight excluding hydrogens is 332 g/mol. The Kier molecular flexibility index (Phi) is 6.42. The highest BCUT2D eigenvalue weighted by molar-refractivity contribution is 7.89. The van der Waals surface area contributed by atoms with Gasteiger partial charge in [0, 0.05) is 25.2 Å². The molecule has 0 radical (unpaired) electrons. The molecule has 1 aromatic heterocycles. The molecule has 1 aromatic rings. The number of esters is 1. The van der Waals surface area contributed by atoms with Crippen molar-refractivity contribution in [3.63, 3.8) is 0 Å². The van der Waals surface area contributed by atoms with Gasteiger partial charge < -0.3 is 14.5 Å². The molecule has 0 spiro atoms. The molecule has 1 fully saturated rings. The predicted molar refractivity (Wildman–Crippen MR) is 82.9 cm³/mol. The van der Waals surface area contributed by atoms with Crippen molar-refractivity contribution >= 4 is 28.4 Å². The Balaban J connectivity index is 0.00000242. The van der Waals surface area contributed by atoms with E-state index in [1.54, 1.807) is 0 Å². The van der Waals surface area contributed by atoms with Gasteiger partial charge in [-0.15, -0.1) is 12.4 Å². The van der Waals surface area contributed by atoms with Crippen LogP contribution in [0, 0.1) is 6.92 Å². The number of nitrogens with zero attached hydrogens (tertiary/aromatic N) is 1. The summed E-state index contributed by atoms with van der Waals surface area (Å²) in [6.07, 6.45) is 1.74. The molecule has 0 aromatic carbocycles. The van der Waals surface area contributed by atoms with E-state index in [4.69, 9.17) is 4.42 Å². The average molecular weight is 353 g/mol. The van der Waals surface area contributed by atoms with Crippen LogP contribution < -0.4 is 5.32 Å². The molecule has 0 saturated carbocycles. The number of aryl methyl sites for hydroxylation is 1. The molecule has 1 saturated heterocycles. The summed E-state index contributed by atoms with van der Waals surface area (Å²) in [5.41, 5.74) is 0. The van der Waals surface area contributed by atoms with E-state index < -0.39 is 16.0 Å². The lowest BCUT2D eigenvalue weighted by Gasteiger charge is -2.31. The minimum Gasteiger partial charge on any atom is -0.463 e. The van der Waals surface area contributed by atoms with Crippen LogP contribution >= 0.6 is 12.4 Å². The second-order valence-electron chi connectivity index (χ2n) is 5.01. The average Bonchev–Trinajstić information content (AvgIpc) is 2.89. The summed E-state index contributed by atoms with van der Waals surface area (Å²) in [4.78, 5) is 11.5. The number of methoxy groups -OCH3 is 1. The fraction of sp³-hybridized carbons (Fsp3) is 0.615. The molecule has 2 heterocycles. The maximum atomic E-state index is 12.7. The molecule has 1 N–H and O–H groups in total. The number of sulfonamides is 1. The van der Waals surface area contributed by atoms with Crippen molar-refractivity contribution in [3.8, 4) is 0 Å². The van der Waals surface area contributed by atoms with Crippen LogP contribution in [0.2, 0.25) is 0 Å². The number of carbonyl (C=O) groups excluding carboxylic acids is 1. The summed E-state index contributed by atoms with van der Waals surface area (Å²) >= 11 is 0. The van der Waals surface area contributed by atoms with Crippen LogP contribution in [0.5, 0.6) is 0 Å². The molecule has 22 heavy (non-hydrogen) atoms. The van der Waals surface area contributed by atoms with Crippen LogP contribution in [0.3, 0.4) is 0 Å². The number of hydrogen-bond donors (Lipinski definition) is 1. The summed E-state index contributed by atoms with van der Waals surface area (Å²) in [5.74, 6) is -0.593. The molecule has 1 aliphatic heterocycles. The second-order valence-corrected chi connectivity index (χ2v) is 6.92. The summed E-state index contributed by atoms with van der Waals surface area (Å²) in [7, 11) is -0.627. The largest absolute Gasteiger partial charge is 0.463 e. The fourth-order valence-corrected chi connectivity index (χ4v) is 4.14. The van der Waals surface area contributed by atoms with Crippen LogP contribution in [0.1, 0.15) is 29.2 Å². The van der Waals surface area contributed by atoms with E-state index in [-0.39, 0.29) is 34.9 Å².